The molecule has 1 heterocycles. The van der Waals surface area contributed by atoms with E-state index in [1.807, 2.05) is 26.8 Å². The number of aliphatic hydroxyl groups is 6. The minimum Gasteiger partial charge on any atom is -0.460 e. The van der Waals surface area contributed by atoms with E-state index >= 15 is 0 Å². The Kier molecular flexibility index (Phi) is 10.2. The Bertz CT molecular complexity index is 1460. The summed E-state index contributed by atoms with van der Waals surface area (Å²) >= 11 is 0. The second kappa shape index (κ2) is 13.0. The van der Waals surface area contributed by atoms with Gasteiger partial charge in [-0.15, -0.1) is 0 Å². The third kappa shape index (κ3) is 6.07. The number of esters is 1. The maximum Gasteiger partial charge on any atom is 0.303 e. The molecule has 5 aliphatic rings. The van der Waals surface area contributed by atoms with Crippen molar-refractivity contribution in [1.82, 2.24) is 0 Å². The van der Waals surface area contributed by atoms with Gasteiger partial charge in [-0.3, -0.25) is 19.2 Å². The van der Waals surface area contributed by atoms with Gasteiger partial charge in [-0.1, -0.05) is 32.4 Å². The number of allylic oxidation sites excluding steroid dienone is 2. The number of ketones is 3. The van der Waals surface area contributed by atoms with Gasteiger partial charge in [-0.05, 0) is 83.0 Å². The third-order valence-corrected chi connectivity index (χ3v) is 14.1. The SMILES string of the molecule is CC(=O)OC(C)(C)CCC(=O)[C@](C)(O)[C@H]1[C@H](O)C[C@@]2(C)[C@@H]3CC=C4[C@@H](C[C@H](O[C@H]5O[C@H](CO)[C@H](O)[C@@H](O)[C@H]5O)C(=O)C4(C)C)[C@]3(C)C(=O)C[C@]12C. The van der Waals surface area contributed by atoms with Gasteiger partial charge in [0.2, 0.25) is 0 Å². The molecule has 0 aromatic heterocycles. The van der Waals surface area contributed by atoms with Gasteiger partial charge in [0.05, 0.1) is 12.7 Å². The summed E-state index contributed by atoms with van der Waals surface area (Å²) in [7, 11) is 0. The van der Waals surface area contributed by atoms with Gasteiger partial charge in [0, 0.05) is 36.5 Å². The molecule has 0 aromatic rings. The zero-order valence-electron chi connectivity index (χ0n) is 31.3. The molecular weight excluding hydrogens is 664 g/mol. The molecule has 0 aromatic carbocycles. The minimum absolute atomic E-state index is 0.0308. The van der Waals surface area contributed by atoms with Crippen LogP contribution in [0.15, 0.2) is 11.6 Å². The molecule has 288 valence electrons. The van der Waals surface area contributed by atoms with Crippen LogP contribution in [0.25, 0.3) is 0 Å². The van der Waals surface area contributed by atoms with Gasteiger partial charge in [0.1, 0.15) is 47.5 Å². The maximum absolute atomic E-state index is 14.8. The number of hydrogen-bond donors (Lipinski definition) is 6. The average molecular weight is 723 g/mol. The van der Waals surface area contributed by atoms with Crippen LogP contribution in [0.2, 0.25) is 0 Å². The maximum atomic E-state index is 14.8. The Morgan fingerprint density at radius 3 is 2.20 bits per heavy atom. The molecule has 1 saturated heterocycles. The van der Waals surface area contributed by atoms with Gasteiger partial charge < -0.3 is 44.8 Å². The summed E-state index contributed by atoms with van der Waals surface area (Å²) in [5, 5.41) is 64.8. The lowest BCUT2D eigenvalue weighted by Crippen LogP contribution is -2.66. The van der Waals surface area contributed by atoms with Crippen LogP contribution in [0.3, 0.4) is 0 Å². The van der Waals surface area contributed by atoms with Crippen molar-refractivity contribution >= 4 is 23.3 Å². The summed E-state index contributed by atoms with van der Waals surface area (Å²) in [5.74, 6) is -3.22. The van der Waals surface area contributed by atoms with Crippen LogP contribution in [0.5, 0.6) is 0 Å². The Morgan fingerprint density at radius 1 is 0.980 bits per heavy atom. The fourth-order valence-electron chi connectivity index (χ4n) is 11.1. The van der Waals surface area contributed by atoms with E-state index < -0.39 is 106 Å². The first-order valence-corrected chi connectivity index (χ1v) is 18.2. The summed E-state index contributed by atoms with van der Waals surface area (Å²) in [6.45, 7) is 14.7. The molecule has 51 heavy (non-hydrogen) atoms. The van der Waals surface area contributed by atoms with E-state index in [9.17, 15) is 49.8 Å². The van der Waals surface area contributed by atoms with Gasteiger partial charge in [0.25, 0.3) is 0 Å². The van der Waals surface area contributed by atoms with E-state index in [1.165, 1.54) is 13.8 Å². The summed E-state index contributed by atoms with van der Waals surface area (Å²) in [4.78, 5) is 54.1. The predicted octanol–water partition coefficient (Wildman–Crippen LogP) is 1.55. The summed E-state index contributed by atoms with van der Waals surface area (Å²) < 4.78 is 17.0. The molecule has 4 aliphatic carbocycles. The summed E-state index contributed by atoms with van der Waals surface area (Å²) in [5.41, 5.74) is -5.98. The molecule has 13 heteroatoms. The molecule has 6 N–H and O–H groups in total. The molecule has 5 rings (SSSR count). The molecule has 0 radical (unpaired) electrons. The number of Topliss-reactive ketones (excluding diaryl/α,β-unsaturated/α-hetero) is 3. The Labute approximate surface area is 299 Å². The fourth-order valence-corrected chi connectivity index (χ4v) is 11.1. The van der Waals surface area contributed by atoms with E-state index in [4.69, 9.17) is 14.2 Å². The van der Waals surface area contributed by atoms with Gasteiger partial charge in [-0.2, -0.15) is 0 Å². The van der Waals surface area contributed by atoms with Crippen molar-refractivity contribution in [2.45, 2.75) is 155 Å². The Hall–Kier alpha value is -2.10. The molecule has 0 unspecified atom stereocenters. The normalized spacial score (nSPS) is 44.8. The van der Waals surface area contributed by atoms with Crippen molar-refractivity contribution in [2.75, 3.05) is 6.61 Å². The molecule has 1 aliphatic heterocycles. The number of ether oxygens (including phenoxy) is 3. The highest BCUT2D eigenvalue weighted by molar-refractivity contribution is 5.95. The van der Waals surface area contributed by atoms with Crippen LogP contribution in [0.4, 0.5) is 0 Å². The predicted molar refractivity (Wildman–Crippen MR) is 180 cm³/mol. The lowest BCUT2D eigenvalue weighted by Gasteiger charge is -2.64. The Morgan fingerprint density at radius 2 is 1.61 bits per heavy atom. The average Bonchev–Trinajstić information content (AvgIpc) is 3.22. The van der Waals surface area contributed by atoms with Gasteiger partial charge in [0.15, 0.2) is 17.9 Å². The number of carbonyl (C=O) groups is 4. The van der Waals surface area contributed by atoms with Crippen molar-refractivity contribution < 1.29 is 64.0 Å². The van der Waals surface area contributed by atoms with Crippen LogP contribution in [-0.4, -0.2) is 115 Å². The van der Waals surface area contributed by atoms with E-state index in [-0.39, 0.29) is 49.6 Å². The fraction of sp³-hybridized carbons (Fsp3) is 0.842. The van der Waals surface area contributed by atoms with Gasteiger partial charge in [-0.25, -0.2) is 0 Å². The highest BCUT2D eigenvalue weighted by Gasteiger charge is 2.74. The monoisotopic (exact) mass is 722 g/mol. The highest BCUT2D eigenvalue weighted by Crippen LogP contribution is 2.74. The lowest BCUT2D eigenvalue weighted by molar-refractivity contribution is -0.311. The van der Waals surface area contributed by atoms with Crippen LogP contribution >= 0.6 is 0 Å². The molecule has 0 spiro atoms. The highest BCUT2D eigenvalue weighted by atomic mass is 16.7. The van der Waals surface area contributed by atoms with E-state index in [0.717, 1.165) is 5.57 Å². The minimum atomic E-state index is -1.99. The molecule has 4 fully saturated rings. The number of hydrogen-bond acceptors (Lipinski definition) is 13. The molecule has 0 amide bonds. The van der Waals surface area contributed by atoms with Crippen molar-refractivity contribution in [1.29, 1.82) is 0 Å². The molecule has 0 bridgehead atoms. The zero-order valence-corrected chi connectivity index (χ0v) is 31.3. The van der Waals surface area contributed by atoms with E-state index in [2.05, 4.69) is 0 Å². The number of aliphatic hydroxyl groups excluding tert-OH is 5. The van der Waals surface area contributed by atoms with Crippen molar-refractivity contribution in [2.24, 2.45) is 39.4 Å². The molecule has 14 atom stereocenters. The number of fused-ring (bicyclic) bond motifs is 5. The van der Waals surface area contributed by atoms with Crippen molar-refractivity contribution in [3.63, 3.8) is 0 Å². The first-order chi connectivity index (χ1) is 23.3. The number of carbonyl (C=O) groups excluding carboxylic acids is 4. The smallest absolute Gasteiger partial charge is 0.303 e. The van der Waals surface area contributed by atoms with Crippen LogP contribution < -0.4 is 0 Å². The standard InChI is InChI=1S/C38H58O13/c1-18(40)51-33(2,3)13-12-25(42)38(9,48)30-21(41)15-35(6)24-11-10-19-20(37(24,8)26(43)16-36(30,35)7)14-22(31(47)34(19,4)5)49-32-29(46)28(45)27(44)23(17-39)50-32/h10,20-24,27-30,32,39,41,44-46,48H,11-17H2,1-9H3/t20-,21-,22+,23-,24+,27+,28-,29-,30+,32+,35+,36-,37+,38+/m1/s1. The summed E-state index contributed by atoms with van der Waals surface area (Å²) in [6, 6.07) is 0. The number of rotatable bonds is 9. The van der Waals surface area contributed by atoms with Crippen molar-refractivity contribution in [3.8, 4) is 0 Å². The van der Waals surface area contributed by atoms with E-state index in [1.54, 1.807) is 27.7 Å². The van der Waals surface area contributed by atoms with Crippen LogP contribution in [0, 0.1) is 39.4 Å². The third-order valence-electron chi connectivity index (χ3n) is 14.1. The lowest BCUT2D eigenvalue weighted by atomic mass is 9.38. The first kappa shape index (κ1) is 40.1. The topological polar surface area (TPSA) is 217 Å². The van der Waals surface area contributed by atoms with E-state index in [0.29, 0.717) is 6.42 Å². The van der Waals surface area contributed by atoms with Crippen LogP contribution in [-0.2, 0) is 33.4 Å². The zero-order chi connectivity index (χ0) is 38.4. The molecular formula is C38H58O13. The summed E-state index contributed by atoms with van der Waals surface area (Å²) in [6.07, 6.45) is -7.25. The molecule has 3 saturated carbocycles. The Balaban J connectivity index is 1.46. The second-order valence-electron chi connectivity index (χ2n) is 17.9. The second-order valence-corrected chi connectivity index (χ2v) is 17.9. The quantitative estimate of drug-likeness (QED) is 0.147. The largest absolute Gasteiger partial charge is 0.460 e. The van der Waals surface area contributed by atoms with Gasteiger partial charge >= 0.3 is 5.97 Å². The molecule has 13 nitrogen and oxygen atoms in total. The first-order valence-electron chi connectivity index (χ1n) is 18.2. The van der Waals surface area contributed by atoms with Crippen molar-refractivity contribution in [3.05, 3.63) is 11.6 Å². The van der Waals surface area contributed by atoms with Crippen LogP contribution in [0.1, 0.15) is 101 Å².